The molecule has 0 saturated heterocycles. The summed E-state index contributed by atoms with van der Waals surface area (Å²) in [5, 5.41) is 2.94. The Morgan fingerprint density at radius 3 is 2.31 bits per heavy atom. The van der Waals surface area contributed by atoms with E-state index in [1.807, 2.05) is 57.2 Å². The van der Waals surface area contributed by atoms with E-state index in [1.54, 1.807) is 18.2 Å². The summed E-state index contributed by atoms with van der Waals surface area (Å²) < 4.78 is 26.1. The van der Waals surface area contributed by atoms with Gasteiger partial charge in [-0.15, -0.1) is 0 Å². The number of carbonyl (C=O) groups is 1. The zero-order valence-electron chi connectivity index (χ0n) is 15.6. The van der Waals surface area contributed by atoms with Gasteiger partial charge >= 0.3 is 0 Å². The molecule has 0 aliphatic carbocycles. The summed E-state index contributed by atoms with van der Waals surface area (Å²) in [5.41, 5.74) is 2.41. The summed E-state index contributed by atoms with van der Waals surface area (Å²) in [6.07, 6.45) is 1.50. The fourth-order valence-electron chi connectivity index (χ4n) is 2.96. The van der Waals surface area contributed by atoms with Gasteiger partial charge in [-0.25, -0.2) is 8.42 Å². The number of sulfonamides is 1. The van der Waals surface area contributed by atoms with E-state index < -0.39 is 16.1 Å². The van der Waals surface area contributed by atoms with E-state index in [4.69, 9.17) is 0 Å². The molecule has 0 aliphatic rings. The normalized spacial score (nSPS) is 13.7. The maximum atomic E-state index is 12.9. The zero-order valence-corrected chi connectivity index (χ0v) is 16.5. The molecule has 2 aromatic rings. The minimum absolute atomic E-state index is 0.211. The molecule has 6 heteroatoms. The molecule has 2 rings (SSSR count). The van der Waals surface area contributed by atoms with Crippen LogP contribution >= 0.6 is 0 Å². The van der Waals surface area contributed by atoms with Gasteiger partial charge in [0.2, 0.25) is 15.9 Å². The highest BCUT2D eigenvalue weighted by molar-refractivity contribution is 7.92. The van der Waals surface area contributed by atoms with Crippen LogP contribution in [0.3, 0.4) is 0 Å². The Morgan fingerprint density at radius 1 is 1.12 bits per heavy atom. The lowest BCUT2D eigenvalue weighted by molar-refractivity contribution is -0.122. The van der Waals surface area contributed by atoms with Crippen LogP contribution in [0.2, 0.25) is 0 Å². The number of benzene rings is 2. The van der Waals surface area contributed by atoms with Crippen molar-refractivity contribution >= 4 is 21.6 Å². The Labute approximate surface area is 156 Å². The predicted octanol–water partition coefficient (Wildman–Crippen LogP) is 3.42. The third-order valence-electron chi connectivity index (χ3n) is 4.24. The van der Waals surface area contributed by atoms with E-state index in [1.165, 1.54) is 4.31 Å². The average molecular weight is 375 g/mol. The third kappa shape index (κ3) is 4.85. The molecule has 1 amide bonds. The predicted molar refractivity (Wildman–Crippen MR) is 106 cm³/mol. The molecule has 5 nitrogen and oxygen atoms in total. The molecule has 140 valence electrons. The number of anilines is 1. The summed E-state index contributed by atoms with van der Waals surface area (Å²) >= 11 is 0. The molecule has 0 bridgehead atoms. The molecule has 0 saturated carbocycles. The third-order valence-corrected chi connectivity index (χ3v) is 5.42. The van der Waals surface area contributed by atoms with Crippen LogP contribution in [-0.4, -0.2) is 26.6 Å². The Balaban J connectivity index is 2.31. The van der Waals surface area contributed by atoms with Crippen molar-refractivity contribution in [1.82, 2.24) is 5.32 Å². The van der Waals surface area contributed by atoms with Gasteiger partial charge in [0.05, 0.1) is 18.0 Å². The van der Waals surface area contributed by atoms with Gasteiger partial charge in [-0.2, -0.15) is 0 Å². The lowest BCUT2D eigenvalue weighted by atomic mass is 10.1. The van der Waals surface area contributed by atoms with Crippen LogP contribution in [0.5, 0.6) is 0 Å². The first-order valence-corrected chi connectivity index (χ1v) is 10.5. The van der Waals surface area contributed by atoms with Gasteiger partial charge in [0.15, 0.2) is 0 Å². The highest BCUT2D eigenvalue weighted by atomic mass is 32.2. The first kappa shape index (κ1) is 20.0. The SMILES string of the molecule is CCC(C(=O)N[C@@H](C)c1ccccc1)N(c1cccc(C)c1)S(C)(=O)=O. The monoisotopic (exact) mass is 374 g/mol. The van der Waals surface area contributed by atoms with Gasteiger partial charge in [0.25, 0.3) is 0 Å². The van der Waals surface area contributed by atoms with Crippen molar-refractivity contribution in [3.63, 3.8) is 0 Å². The molecule has 26 heavy (non-hydrogen) atoms. The summed E-state index contributed by atoms with van der Waals surface area (Å²) in [6, 6.07) is 15.7. The lowest BCUT2D eigenvalue weighted by Gasteiger charge is -2.31. The van der Waals surface area contributed by atoms with Gasteiger partial charge in [0.1, 0.15) is 6.04 Å². The second-order valence-electron chi connectivity index (χ2n) is 6.46. The van der Waals surface area contributed by atoms with E-state index >= 15 is 0 Å². The van der Waals surface area contributed by atoms with Crippen molar-refractivity contribution in [2.24, 2.45) is 0 Å². The summed E-state index contributed by atoms with van der Waals surface area (Å²) in [7, 11) is -3.62. The molecule has 0 spiro atoms. The topological polar surface area (TPSA) is 66.5 Å². The molecule has 2 aromatic carbocycles. The van der Waals surface area contributed by atoms with Crippen LogP contribution in [0, 0.1) is 6.92 Å². The number of carbonyl (C=O) groups excluding carboxylic acids is 1. The number of hydrogen-bond acceptors (Lipinski definition) is 3. The van der Waals surface area contributed by atoms with Crippen LogP contribution in [0.25, 0.3) is 0 Å². The molecule has 0 aliphatic heterocycles. The average Bonchev–Trinajstić information content (AvgIpc) is 2.58. The maximum Gasteiger partial charge on any atom is 0.244 e. The van der Waals surface area contributed by atoms with E-state index in [0.29, 0.717) is 12.1 Å². The lowest BCUT2D eigenvalue weighted by Crippen LogP contribution is -2.49. The van der Waals surface area contributed by atoms with Crippen LogP contribution < -0.4 is 9.62 Å². The van der Waals surface area contributed by atoms with Crippen molar-refractivity contribution in [2.45, 2.75) is 39.3 Å². The maximum absolute atomic E-state index is 12.9. The molecule has 0 aromatic heterocycles. The number of aryl methyl sites for hydroxylation is 1. The van der Waals surface area contributed by atoms with Crippen molar-refractivity contribution in [2.75, 3.05) is 10.6 Å². The Kier molecular flexibility index (Phi) is 6.42. The molecule has 0 fully saturated rings. The first-order chi connectivity index (χ1) is 12.2. The van der Waals surface area contributed by atoms with Crippen LogP contribution in [0.15, 0.2) is 54.6 Å². The molecular formula is C20H26N2O3S. The molecule has 0 heterocycles. The largest absolute Gasteiger partial charge is 0.348 e. The number of amides is 1. The Hall–Kier alpha value is -2.34. The number of rotatable bonds is 7. The van der Waals surface area contributed by atoms with Gasteiger partial charge in [0, 0.05) is 0 Å². The van der Waals surface area contributed by atoms with Crippen molar-refractivity contribution in [3.8, 4) is 0 Å². The number of nitrogens with zero attached hydrogens (tertiary/aromatic N) is 1. The summed E-state index contributed by atoms with van der Waals surface area (Å²) in [6.45, 7) is 5.59. The van der Waals surface area contributed by atoms with Gasteiger partial charge in [-0.05, 0) is 43.5 Å². The standard InChI is InChI=1S/C20H26N2O3S/c1-5-19(20(23)21-16(3)17-11-7-6-8-12-17)22(26(4,24)25)18-13-9-10-15(2)14-18/h6-14,16,19H,5H2,1-4H3,(H,21,23)/t16-,19?/m0/s1. The minimum atomic E-state index is -3.62. The molecule has 2 atom stereocenters. The first-order valence-electron chi connectivity index (χ1n) is 8.65. The molecular weight excluding hydrogens is 348 g/mol. The zero-order chi connectivity index (χ0) is 19.3. The second kappa shape index (κ2) is 8.36. The van der Waals surface area contributed by atoms with Crippen LogP contribution in [0.1, 0.15) is 37.4 Å². The van der Waals surface area contributed by atoms with E-state index in [-0.39, 0.29) is 11.9 Å². The van der Waals surface area contributed by atoms with E-state index in [9.17, 15) is 13.2 Å². The summed E-state index contributed by atoms with van der Waals surface area (Å²) in [5.74, 6) is -0.309. The van der Waals surface area contributed by atoms with Crippen molar-refractivity contribution < 1.29 is 13.2 Å². The number of hydrogen-bond donors (Lipinski definition) is 1. The quantitative estimate of drug-likeness (QED) is 0.807. The smallest absolute Gasteiger partial charge is 0.244 e. The van der Waals surface area contributed by atoms with Crippen LogP contribution in [0.4, 0.5) is 5.69 Å². The fraction of sp³-hybridized carbons (Fsp3) is 0.350. The van der Waals surface area contributed by atoms with E-state index in [0.717, 1.165) is 17.4 Å². The van der Waals surface area contributed by atoms with Crippen molar-refractivity contribution in [3.05, 3.63) is 65.7 Å². The highest BCUT2D eigenvalue weighted by Gasteiger charge is 2.32. The Bertz CT molecular complexity index is 850. The van der Waals surface area contributed by atoms with Gasteiger partial charge < -0.3 is 5.32 Å². The van der Waals surface area contributed by atoms with E-state index in [2.05, 4.69) is 5.32 Å². The van der Waals surface area contributed by atoms with Crippen molar-refractivity contribution in [1.29, 1.82) is 0 Å². The summed E-state index contributed by atoms with van der Waals surface area (Å²) in [4.78, 5) is 12.9. The molecule has 1 N–H and O–H groups in total. The second-order valence-corrected chi connectivity index (χ2v) is 8.32. The van der Waals surface area contributed by atoms with Gasteiger partial charge in [-0.3, -0.25) is 9.10 Å². The number of nitrogens with one attached hydrogen (secondary N) is 1. The Morgan fingerprint density at radius 2 is 1.77 bits per heavy atom. The van der Waals surface area contributed by atoms with Gasteiger partial charge in [-0.1, -0.05) is 49.4 Å². The molecule has 0 radical (unpaired) electrons. The highest BCUT2D eigenvalue weighted by Crippen LogP contribution is 2.24. The minimum Gasteiger partial charge on any atom is -0.348 e. The molecule has 1 unspecified atom stereocenters. The van der Waals surface area contributed by atoms with Crippen LogP contribution in [-0.2, 0) is 14.8 Å². The fourth-order valence-corrected chi connectivity index (χ4v) is 4.16.